The van der Waals surface area contributed by atoms with Gasteiger partial charge in [-0.05, 0) is 55.7 Å². The number of nitrogens with one attached hydrogen (secondary N) is 1. The molecular formula is C21H27N5O2. The van der Waals surface area contributed by atoms with Crippen molar-refractivity contribution in [3.05, 3.63) is 47.3 Å². The van der Waals surface area contributed by atoms with Crippen molar-refractivity contribution in [3.63, 3.8) is 0 Å². The number of carbonyl (C=O) groups is 2. The predicted molar refractivity (Wildman–Crippen MR) is 105 cm³/mol. The highest BCUT2D eigenvalue weighted by Gasteiger charge is 2.31. The molecule has 7 nitrogen and oxygen atoms in total. The molecule has 2 aliphatic heterocycles. The fraction of sp³-hybridized carbons (Fsp3) is 0.524. The Morgan fingerprint density at radius 1 is 1.14 bits per heavy atom. The van der Waals surface area contributed by atoms with Gasteiger partial charge in [-0.25, -0.2) is 4.98 Å². The fourth-order valence-electron chi connectivity index (χ4n) is 4.01. The van der Waals surface area contributed by atoms with Gasteiger partial charge >= 0.3 is 0 Å². The van der Waals surface area contributed by atoms with E-state index in [4.69, 9.17) is 0 Å². The van der Waals surface area contributed by atoms with Gasteiger partial charge in [-0.1, -0.05) is 6.92 Å². The molecule has 1 saturated heterocycles. The monoisotopic (exact) mass is 381 g/mol. The number of likely N-dealkylation sites (tertiary alicyclic amines) is 1. The Morgan fingerprint density at radius 3 is 2.64 bits per heavy atom. The molecule has 0 bridgehead atoms. The van der Waals surface area contributed by atoms with Gasteiger partial charge in [-0.2, -0.15) is 0 Å². The molecule has 2 aliphatic rings. The summed E-state index contributed by atoms with van der Waals surface area (Å²) in [5.74, 6) is 0.768. The largest absolute Gasteiger partial charge is 0.345 e. The molecule has 0 radical (unpaired) electrons. The Balaban J connectivity index is 1.54. The van der Waals surface area contributed by atoms with Crippen LogP contribution in [0.1, 0.15) is 65.0 Å². The highest BCUT2D eigenvalue weighted by molar-refractivity contribution is 5.97. The molecule has 0 spiro atoms. The first-order valence-corrected chi connectivity index (χ1v) is 10.2. The number of hydrogen-bond acceptors (Lipinski definition) is 4. The fourth-order valence-corrected chi connectivity index (χ4v) is 4.01. The second-order valence-corrected chi connectivity index (χ2v) is 7.85. The molecule has 0 atom stereocenters. The summed E-state index contributed by atoms with van der Waals surface area (Å²) in [5.41, 5.74) is 2.37. The van der Waals surface area contributed by atoms with Crippen LogP contribution in [0.5, 0.6) is 0 Å². The van der Waals surface area contributed by atoms with Gasteiger partial charge in [0.25, 0.3) is 11.8 Å². The first-order chi connectivity index (χ1) is 13.6. The molecule has 148 valence electrons. The topological polar surface area (TPSA) is 80.1 Å². The Labute approximate surface area is 165 Å². The molecular weight excluding hydrogens is 354 g/mol. The van der Waals surface area contributed by atoms with E-state index in [1.54, 1.807) is 12.4 Å². The second kappa shape index (κ2) is 8.12. The normalized spacial score (nSPS) is 17.2. The van der Waals surface area contributed by atoms with Crippen molar-refractivity contribution >= 4 is 11.8 Å². The number of imidazole rings is 1. The van der Waals surface area contributed by atoms with Gasteiger partial charge in [-0.3, -0.25) is 14.6 Å². The van der Waals surface area contributed by atoms with E-state index < -0.39 is 0 Å². The quantitative estimate of drug-likeness (QED) is 0.882. The Morgan fingerprint density at radius 2 is 1.89 bits per heavy atom. The summed E-state index contributed by atoms with van der Waals surface area (Å²) in [6.07, 6.45) is 8.30. The van der Waals surface area contributed by atoms with Crippen molar-refractivity contribution in [2.75, 3.05) is 13.1 Å². The zero-order chi connectivity index (χ0) is 19.5. The van der Waals surface area contributed by atoms with Crippen LogP contribution >= 0.6 is 0 Å². The molecule has 0 unspecified atom stereocenters. The van der Waals surface area contributed by atoms with E-state index in [0.717, 1.165) is 63.0 Å². The minimum absolute atomic E-state index is 0.0225. The summed E-state index contributed by atoms with van der Waals surface area (Å²) < 4.78 is 1.95. The maximum Gasteiger partial charge on any atom is 0.287 e. The Bertz CT molecular complexity index is 853. The molecule has 2 amide bonds. The zero-order valence-electron chi connectivity index (χ0n) is 16.4. The maximum atomic E-state index is 13.1. The average Bonchev–Trinajstić information content (AvgIpc) is 3.13. The highest BCUT2D eigenvalue weighted by Crippen LogP contribution is 2.24. The summed E-state index contributed by atoms with van der Waals surface area (Å²) >= 11 is 0. The van der Waals surface area contributed by atoms with E-state index >= 15 is 0 Å². The number of aromatic nitrogens is 3. The first kappa shape index (κ1) is 18.7. The Hall–Kier alpha value is -2.70. The van der Waals surface area contributed by atoms with Crippen molar-refractivity contribution in [2.45, 2.75) is 52.1 Å². The molecule has 4 rings (SSSR count). The van der Waals surface area contributed by atoms with Crippen molar-refractivity contribution < 1.29 is 9.59 Å². The van der Waals surface area contributed by atoms with E-state index in [9.17, 15) is 9.59 Å². The first-order valence-electron chi connectivity index (χ1n) is 10.2. The molecule has 1 N–H and O–H groups in total. The van der Waals surface area contributed by atoms with Crippen LogP contribution in [0.2, 0.25) is 0 Å². The summed E-state index contributed by atoms with van der Waals surface area (Å²) in [7, 11) is 0. The standard InChI is InChI=1S/C21H27N5O2/c1-15-7-12-25(13-8-15)21(28)18-17-4-2-3-11-26(17)19(24-18)20(27)23-14-16-5-9-22-10-6-16/h5-6,9-10,15H,2-4,7-8,11-14H2,1H3,(H,23,27). The van der Waals surface area contributed by atoms with Gasteiger partial charge in [0.05, 0.1) is 5.69 Å². The molecule has 2 aromatic rings. The van der Waals surface area contributed by atoms with E-state index in [-0.39, 0.29) is 11.8 Å². The number of amides is 2. The summed E-state index contributed by atoms with van der Waals surface area (Å²) in [5, 5.41) is 2.93. The van der Waals surface area contributed by atoms with E-state index in [1.165, 1.54) is 0 Å². The molecule has 2 aromatic heterocycles. The third-order valence-electron chi connectivity index (χ3n) is 5.80. The molecule has 0 aliphatic carbocycles. The SMILES string of the molecule is CC1CCN(C(=O)c2nc(C(=O)NCc3ccncc3)n3c2CCCC3)CC1. The number of pyridine rings is 1. The molecule has 0 saturated carbocycles. The number of piperidine rings is 1. The van der Waals surface area contributed by atoms with Crippen LogP contribution in [0.3, 0.4) is 0 Å². The Kier molecular flexibility index (Phi) is 5.41. The number of carbonyl (C=O) groups excluding carboxylic acids is 2. The number of rotatable bonds is 4. The minimum atomic E-state index is -0.230. The second-order valence-electron chi connectivity index (χ2n) is 7.85. The van der Waals surface area contributed by atoms with E-state index in [1.807, 2.05) is 21.6 Å². The van der Waals surface area contributed by atoms with Gasteiger partial charge in [0.15, 0.2) is 5.82 Å². The molecule has 1 fully saturated rings. The van der Waals surface area contributed by atoms with Crippen LogP contribution in [0.4, 0.5) is 0 Å². The van der Waals surface area contributed by atoms with Crippen LogP contribution in [-0.2, 0) is 19.5 Å². The van der Waals surface area contributed by atoms with Gasteiger partial charge in [0, 0.05) is 38.6 Å². The molecule has 4 heterocycles. The smallest absolute Gasteiger partial charge is 0.287 e. The van der Waals surface area contributed by atoms with Crippen molar-refractivity contribution in [1.82, 2.24) is 24.8 Å². The molecule has 0 aromatic carbocycles. The minimum Gasteiger partial charge on any atom is -0.345 e. The van der Waals surface area contributed by atoms with Gasteiger partial charge < -0.3 is 14.8 Å². The number of hydrogen-bond donors (Lipinski definition) is 1. The lowest BCUT2D eigenvalue weighted by atomic mass is 9.98. The number of nitrogens with zero attached hydrogens (tertiary/aromatic N) is 4. The van der Waals surface area contributed by atoms with Crippen LogP contribution in [-0.4, -0.2) is 44.3 Å². The average molecular weight is 381 g/mol. The van der Waals surface area contributed by atoms with Crippen LogP contribution in [0.15, 0.2) is 24.5 Å². The summed E-state index contributed by atoms with van der Waals surface area (Å²) in [4.78, 5) is 36.3. The lowest BCUT2D eigenvalue weighted by molar-refractivity contribution is 0.0690. The van der Waals surface area contributed by atoms with Crippen molar-refractivity contribution in [2.24, 2.45) is 5.92 Å². The molecule has 28 heavy (non-hydrogen) atoms. The number of fused-ring (bicyclic) bond motifs is 1. The van der Waals surface area contributed by atoms with Gasteiger partial charge in [0.2, 0.25) is 0 Å². The predicted octanol–water partition coefficient (Wildman–Crippen LogP) is 2.42. The van der Waals surface area contributed by atoms with Crippen molar-refractivity contribution in [1.29, 1.82) is 0 Å². The lowest BCUT2D eigenvalue weighted by Crippen LogP contribution is -2.38. The summed E-state index contributed by atoms with van der Waals surface area (Å²) in [6, 6.07) is 3.74. The van der Waals surface area contributed by atoms with Gasteiger partial charge in [-0.15, -0.1) is 0 Å². The third-order valence-corrected chi connectivity index (χ3v) is 5.80. The zero-order valence-corrected chi connectivity index (χ0v) is 16.4. The van der Waals surface area contributed by atoms with E-state index in [0.29, 0.717) is 24.0 Å². The third kappa shape index (κ3) is 3.79. The summed E-state index contributed by atoms with van der Waals surface area (Å²) in [6.45, 7) is 4.93. The van der Waals surface area contributed by atoms with Crippen LogP contribution in [0.25, 0.3) is 0 Å². The van der Waals surface area contributed by atoms with Crippen molar-refractivity contribution in [3.8, 4) is 0 Å². The molecule has 7 heteroatoms. The van der Waals surface area contributed by atoms with Crippen LogP contribution in [0, 0.1) is 5.92 Å². The lowest BCUT2D eigenvalue weighted by Gasteiger charge is -2.30. The van der Waals surface area contributed by atoms with Crippen LogP contribution < -0.4 is 5.32 Å². The highest BCUT2D eigenvalue weighted by atomic mass is 16.2. The van der Waals surface area contributed by atoms with E-state index in [2.05, 4.69) is 22.2 Å². The van der Waals surface area contributed by atoms with Gasteiger partial charge in [0.1, 0.15) is 5.69 Å². The maximum absolute atomic E-state index is 13.1.